The predicted octanol–water partition coefficient (Wildman–Crippen LogP) is 4.45. The Morgan fingerprint density at radius 2 is 1.83 bits per heavy atom. The average Bonchev–Trinajstić information content (AvgIpc) is 3.21. The first-order chi connectivity index (χ1) is 13.8. The molecule has 0 aliphatic heterocycles. The summed E-state index contributed by atoms with van der Waals surface area (Å²) in [5.74, 6) is -0.683. The number of nitrogens with one attached hydrogen (secondary N) is 2. The number of anilines is 2. The van der Waals surface area contributed by atoms with Crippen LogP contribution in [0.1, 0.15) is 48.0 Å². The highest BCUT2D eigenvalue weighted by atomic mass is 79.9. The topological polar surface area (TPSA) is 78.5 Å². The summed E-state index contributed by atoms with van der Waals surface area (Å²) in [6.07, 6.45) is 2.76. The van der Waals surface area contributed by atoms with Gasteiger partial charge < -0.3 is 15.5 Å². The third-order valence-electron chi connectivity index (χ3n) is 4.85. The van der Waals surface area contributed by atoms with Crippen LogP contribution in [0.5, 0.6) is 0 Å². The van der Waals surface area contributed by atoms with Crippen molar-refractivity contribution in [2.45, 2.75) is 46.1 Å². The third-order valence-corrected chi connectivity index (χ3v) is 6.58. The Morgan fingerprint density at radius 1 is 1.14 bits per heavy atom. The van der Waals surface area contributed by atoms with E-state index in [9.17, 15) is 14.4 Å². The van der Waals surface area contributed by atoms with Gasteiger partial charge in [0, 0.05) is 28.0 Å². The van der Waals surface area contributed by atoms with E-state index in [1.54, 1.807) is 0 Å². The van der Waals surface area contributed by atoms with Gasteiger partial charge in [0.1, 0.15) is 11.5 Å². The summed E-state index contributed by atoms with van der Waals surface area (Å²) in [7, 11) is 0. The molecule has 1 aliphatic carbocycles. The van der Waals surface area contributed by atoms with Gasteiger partial charge in [-0.25, -0.2) is 0 Å². The van der Waals surface area contributed by atoms with Crippen LogP contribution in [0.4, 0.5) is 10.7 Å². The molecule has 0 spiro atoms. The number of benzene rings is 1. The second-order valence-electron chi connectivity index (χ2n) is 7.31. The molecule has 1 aliphatic rings. The molecule has 3 amide bonds. The Bertz CT molecular complexity index is 937. The molecule has 0 atom stereocenters. The summed E-state index contributed by atoms with van der Waals surface area (Å²) in [5.41, 5.74) is 2.25. The molecule has 29 heavy (non-hydrogen) atoms. The lowest BCUT2D eigenvalue weighted by atomic mass is 10.1. The SMILES string of the molecule is CC(=O)N(CC(=O)Nc1sc2c(c1C(=O)Nc1ccc(Br)cc1)CCC2)C(C)C. The highest BCUT2D eigenvalue weighted by Crippen LogP contribution is 2.39. The molecule has 6 nitrogen and oxygen atoms in total. The number of hydrogen-bond acceptors (Lipinski definition) is 4. The number of halogens is 1. The zero-order valence-corrected chi connectivity index (χ0v) is 19.1. The fraction of sp³-hybridized carbons (Fsp3) is 0.381. The highest BCUT2D eigenvalue weighted by Gasteiger charge is 2.28. The number of nitrogens with zero attached hydrogens (tertiary/aromatic N) is 1. The van der Waals surface area contributed by atoms with E-state index in [1.807, 2.05) is 38.1 Å². The first kappa shape index (κ1) is 21.5. The molecule has 0 fully saturated rings. The molecular weight excluding hydrogens is 454 g/mol. The van der Waals surface area contributed by atoms with Gasteiger partial charge in [-0.05, 0) is 62.9 Å². The molecule has 0 bridgehead atoms. The van der Waals surface area contributed by atoms with Crippen LogP contribution in [0.3, 0.4) is 0 Å². The van der Waals surface area contributed by atoms with Crippen molar-refractivity contribution in [1.82, 2.24) is 4.90 Å². The Morgan fingerprint density at radius 3 is 2.45 bits per heavy atom. The van der Waals surface area contributed by atoms with E-state index < -0.39 is 0 Å². The summed E-state index contributed by atoms with van der Waals surface area (Å²) in [6.45, 7) is 5.14. The van der Waals surface area contributed by atoms with E-state index >= 15 is 0 Å². The Kier molecular flexibility index (Phi) is 6.74. The zero-order chi connectivity index (χ0) is 21.1. The molecule has 1 aromatic carbocycles. The van der Waals surface area contributed by atoms with Crippen molar-refractivity contribution in [3.05, 3.63) is 44.7 Å². The zero-order valence-electron chi connectivity index (χ0n) is 16.7. The van der Waals surface area contributed by atoms with Gasteiger partial charge in [0.15, 0.2) is 0 Å². The number of hydrogen-bond donors (Lipinski definition) is 2. The molecule has 0 saturated carbocycles. The number of carbonyl (C=O) groups is 3. The number of amides is 3. The molecular formula is C21H24BrN3O3S. The summed E-state index contributed by atoms with van der Waals surface area (Å²) in [5, 5.41) is 6.35. The molecule has 0 radical (unpaired) electrons. The molecule has 0 unspecified atom stereocenters. The monoisotopic (exact) mass is 477 g/mol. The number of aryl methyl sites for hydroxylation is 1. The van der Waals surface area contributed by atoms with Crippen LogP contribution >= 0.6 is 27.3 Å². The van der Waals surface area contributed by atoms with Gasteiger partial charge in [0.25, 0.3) is 5.91 Å². The highest BCUT2D eigenvalue weighted by molar-refractivity contribution is 9.10. The second kappa shape index (κ2) is 9.09. The quantitative estimate of drug-likeness (QED) is 0.644. The van der Waals surface area contributed by atoms with Crippen molar-refractivity contribution in [2.24, 2.45) is 0 Å². The van der Waals surface area contributed by atoms with Gasteiger partial charge in [0.05, 0.1) is 5.56 Å². The van der Waals surface area contributed by atoms with Gasteiger partial charge in [-0.2, -0.15) is 0 Å². The number of fused-ring (bicyclic) bond motifs is 1. The van der Waals surface area contributed by atoms with Gasteiger partial charge in [-0.1, -0.05) is 15.9 Å². The Labute approximate surface area is 182 Å². The van der Waals surface area contributed by atoms with E-state index in [4.69, 9.17) is 0 Å². The lowest BCUT2D eigenvalue weighted by Gasteiger charge is -2.24. The van der Waals surface area contributed by atoms with Crippen LogP contribution in [-0.2, 0) is 22.4 Å². The van der Waals surface area contributed by atoms with Crippen LogP contribution in [0, 0.1) is 0 Å². The summed E-state index contributed by atoms with van der Waals surface area (Å²) >= 11 is 4.84. The Balaban J connectivity index is 1.81. The normalized spacial score (nSPS) is 12.6. The maximum atomic E-state index is 13.0. The molecule has 1 heterocycles. The van der Waals surface area contributed by atoms with Crippen molar-refractivity contribution in [2.75, 3.05) is 17.2 Å². The van der Waals surface area contributed by atoms with Gasteiger partial charge >= 0.3 is 0 Å². The smallest absolute Gasteiger partial charge is 0.258 e. The van der Waals surface area contributed by atoms with Crippen LogP contribution in [0.2, 0.25) is 0 Å². The number of rotatable bonds is 6. The van der Waals surface area contributed by atoms with Crippen molar-refractivity contribution >= 4 is 55.7 Å². The lowest BCUT2D eigenvalue weighted by molar-refractivity contribution is -0.134. The fourth-order valence-electron chi connectivity index (χ4n) is 3.44. The molecule has 3 rings (SSSR count). The predicted molar refractivity (Wildman–Crippen MR) is 120 cm³/mol. The molecule has 0 saturated heterocycles. The van der Waals surface area contributed by atoms with E-state index in [0.29, 0.717) is 16.3 Å². The van der Waals surface area contributed by atoms with Crippen molar-refractivity contribution in [1.29, 1.82) is 0 Å². The second-order valence-corrected chi connectivity index (χ2v) is 9.33. The van der Waals surface area contributed by atoms with Crippen molar-refractivity contribution in [3.8, 4) is 0 Å². The largest absolute Gasteiger partial charge is 0.331 e. The Hall–Kier alpha value is -2.19. The maximum absolute atomic E-state index is 13.0. The van der Waals surface area contributed by atoms with Crippen LogP contribution < -0.4 is 10.6 Å². The van der Waals surface area contributed by atoms with Gasteiger partial charge in [-0.3, -0.25) is 14.4 Å². The van der Waals surface area contributed by atoms with E-state index in [0.717, 1.165) is 34.2 Å². The van der Waals surface area contributed by atoms with Gasteiger partial charge in [0.2, 0.25) is 11.8 Å². The van der Waals surface area contributed by atoms with Crippen LogP contribution in [-0.4, -0.2) is 35.2 Å². The molecule has 8 heteroatoms. The summed E-state index contributed by atoms with van der Waals surface area (Å²) in [4.78, 5) is 40.0. The summed E-state index contributed by atoms with van der Waals surface area (Å²) in [6, 6.07) is 7.28. The van der Waals surface area contributed by atoms with Gasteiger partial charge in [-0.15, -0.1) is 11.3 Å². The van der Waals surface area contributed by atoms with E-state index in [1.165, 1.54) is 23.2 Å². The maximum Gasteiger partial charge on any atom is 0.258 e. The van der Waals surface area contributed by atoms with E-state index in [2.05, 4.69) is 26.6 Å². The minimum atomic E-state index is -0.300. The average molecular weight is 478 g/mol. The molecule has 2 N–H and O–H groups in total. The van der Waals surface area contributed by atoms with Crippen LogP contribution in [0.15, 0.2) is 28.7 Å². The molecule has 154 valence electrons. The first-order valence-corrected chi connectivity index (χ1v) is 11.2. The lowest BCUT2D eigenvalue weighted by Crippen LogP contribution is -2.41. The van der Waals surface area contributed by atoms with Crippen LogP contribution in [0.25, 0.3) is 0 Å². The minimum absolute atomic E-state index is 0.0384. The van der Waals surface area contributed by atoms with E-state index in [-0.39, 0.29) is 30.3 Å². The standard InChI is InChI=1S/C21H24BrN3O3S/c1-12(2)25(13(3)26)11-18(27)24-21-19(16-5-4-6-17(16)29-21)20(28)23-15-9-7-14(22)8-10-15/h7-10,12H,4-6,11H2,1-3H3,(H,23,28)(H,24,27). The minimum Gasteiger partial charge on any atom is -0.331 e. The number of carbonyl (C=O) groups excluding carboxylic acids is 3. The van der Waals surface area contributed by atoms with Crippen molar-refractivity contribution in [3.63, 3.8) is 0 Å². The number of thiophene rings is 1. The van der Waals surface area contributed by atoms with Crippen molar-refractivity contribution < 1.29 is 14.4 Å². The summed E-state index contributed by atoms with van der Waals surface area (Å²) < 4.78 is 0.931. The third kappa shape index (κ3) is 5.05. The molecule has 1 aromatic heterocycles. The fourth-order valence-corrected chi connectivity index (χ4v) is 5.01. The molecule has 2 aromatic rings. The first-order valence-electron chi connectivity index (χ1n) is 9.54.